The van der Waals surface area contributed by atoms with Gasteiger partial charge in [-0.1, -0.05) is 18.2 Å². The van der Waals surface area contributed by atoms with Crippen molar-refractivity contribution in [1.29, 1.82) is 0 Å². The molecule has 0 saturated heterocycles. The van der Waals surface area contributed by atoms with Gasteiger partial charge in [-0.15, -0.1) is 0 Å². The Morgan fingerprint density at radius 2 is 1.84 bits per heavy atom. The molecule has 0 spiro atoms. The van der Waals surface area contributed by atoms with Gasteiger partial charge in [0.25, 0.3) is 11.3 Å². The summed E-state index contributed by atoms with van der Waals surface area (Å²) < 4.78 is 6.59. The zero-order chi connectivity index (χ0) is 16.4. The molecule has 118 valence electrons. The van der Waals surface area contributed by atoms with E-state index in [2.05, 4.69) is 53.8 Å². The highest BCUT2D eigenvalue weighted by Gasteiger charge is 2.36. The maximum absolute atomic E-state index is 4.88. The van der Waals surface area contributed by atoms with Crippen molar-refractivity contribution in [3.05, 3.63) is 72.9 Å². The number of benzene rings is 1. The van der Waals surface area contributed by atoms with Crippen LogP contribution in [0.15, 0.2) is 67.4 Å². The van der Waals surface area contributed by atoms with Crippen LogP contribution in [0, 0.1) is 0 Å². The molecule has 0 bridgehead atoms. The van der Waals surface area contributed by atoms with Crippen LogP contribution in [-0.2, 0) is 6.54 Å². The van der Waals surface area contributed by atoms with Gasteiger partial charge in [-0.3, -0.25) is 4.98 Å². The molecule has 0 fully saturated rings. The van der Waals surface area contributed by atoms with Crippen molar-refractivity contribution < 1.29 is 4.57 Å². The predicted molar refractivity (Wildman–Crippen MR) is 92.3 cm³/mol. The molecule has 6 heteroatoms. The summed E-state index contributed by atoms with van der Waals surface area (Å²) in [6.45, 7) is 0.789. The smallest absolute Gasteiger partial charge is 0.264 e. The van der Waals surface area contributed by atoms with Gasteiger partial charge < -0.3 is 0 Å². The fourth-order valence-corrected chi connectivity index (χ4v) is 3.78. The van der Waals surface area contributed by atoms with E-state index in [4.69, 9.17) is 4.98 Å². The Hall–Kier alpha value is -3.54. The predicted octanol–water partition coefficient (Wildman–Crippen LogP) is 2.38. The van der Waals surface area contributed by atoms with Crippen LogP contribution in [0.25, 0.3) is 34.0 Å². The lowest BCUT2D eigenvalue weighted by molar-refractivity contribution is -0.648. The van der Waals surface area contributed by atoms with Crippen LogP contribution < -0.4 is 4.57 Å². The Bertz CT molecular complexity index is 1270. The third-order valence-corrected chi connectivity index (χ3v) is 4.81. The van der Waals surface area contributed by atoms with E-state index < -0.39 is 0 Å². The fourth-order valence-electron chi connectivity index (χ4n) is 3.78. The molecule has 1 aromatic carbocycles. The van der Waals surface area contributed by atoms with Crippen molar-refractivity contribution >= 4 is 16.9 Å². The number of hydrogen-bond donors (Lipinski definition) is 0. The number of rotatable bonds is 1. The molecular weight excluding hydrogens is 312 g/mol. The van der Waals surface area contributed by atoms with Crippen LogP contribution in [0.3, 0.4) is 0 Å². The summed E-state index contributed by atoms with van der Waals surface area (Å²) in [5, 5.41) is 0. The van der Waals surface area contributed by atoms with Crippen LogP contribution in [0.2, 0.25) is 0 Å². The molecule has 0 amide bonds. The molecule has 0 aliphatic carbocycles. The topological polar surface area (TPSA) is 51.9 Å². The summed E-state index contributed by atoms with van der Waals surface area (Å²) >= 11 is 0. The monoisotopic (exact) mass is 325 g/mol. The SMILES string of the molecule is c1ccc(-n2c3[n+](c4c2nc2ccncn24)Cc2cnccc2-3)cc1. The third kappa shape index (κ3) is 1.58. The van der Waals surface area contributed by atoms with Gasteiger partial charge in [0.2, 0.25) is 11.5 Å². The molecule has 1 aliphatic heterocycles. The molecule has 4 aromatic heterocycles. The minimum Gasteiger partial charge on any atom is -0.264 e. The lowest BCUT2D eigenvalue weighted by Gasteiger charge is -2.02. The van der Waals surface area contributed by atoms with E-state index in [1.807, 2.05) is 30.9 Å². The summed E-state index contributed by atoms with van der Waals surface area (Å²) in [5.74, 6) is 1.14. The highest BCUT2D eigenvalue weighted by molar-refractivity contribution is 5.79. The first-order chi connectivity index (χ1) is 12.4. The van der Waals surface area contributed by atoms with E-state index >= 15 is 0 Å². The largest absolute Gasteiger partial charge is 0.297 e. The second-order valence-corrected chi connectivity index (χ2v) is 6.18. The number of aromatic nitrogens is 6. The zero-order valence-corrected chi connectivity index (χ0v) is 13.2. The molecule has 1 aliphatic rings. The first-order valence-electron chi connectivity index (χ1n) is 8.17. The minimum absolute atomic E-state index is 0.789. The van der Waals surface area contributed by atoms with Crippen molar-refractivity contribution in [1.82, 2.24) is 23.9 Å². The van der Waals surface area contributed by atoms with Gasteiger partial charge in [-0.05, 0) is 18.2 Å². The summed E-state index contributed by atoms with van der Waals surface area (Å²) in [7, 11) is 0. The third-order valence-electron chi connectivity index (χ3n) is 4.81. The Labute approximate surface area is 142 Å². The van der Waals surface area contributed by atoms with Gasteiger partial charge in [-0.2, -0.15) is 9.38 Å². The van der Waals surface area contributed by atoms with E-state index in [9.17, 15) is 0 Å². The maximum Gasteiger partial charge on any atom is 0.297 e. The molecule has 6 nitrogen and oxygen atoms in total. The second-order valence-electron chi connectivity index (χ2n) is 6.18. The molecule has 0 atom stereocenters. The summed E-state index contributed by atoms with van der Waals surface area (Å²) in [5.41, 5.74) is 6.42. The van der Waals surface area contributed by atoms with Gasteiger partial charge >= 0.3 is 0 Å². The summed E-state index contributed by atoms with van der Waals surface area (Å²) in [4.78, 5) is 13.5. The van der Waals surface area contributed by atoms with Gasteiger partial charge in [0.05, 0.1) is 12.1 Å². The number of fused-ring (bicyclic) bond motifs is 7. The van der Waals surface area contributed by atoms with E-state index in [1.165, 1.54) is 11.1 Å². The summed E-state index contributed by atoms with van der Waals surface area (Å²) in [6.07, 6.45) is 7.40. The summed E-state index contributed by atoms with van der Waals surface area (Å²) in [6, 6.07) is 14.4. The molecule has 5 heterocycles. The number of para-hydroxylation sites is 1. The van der Waals surface area contributed by atoms with Gasteiger partial charge in [0.1, 0.15) is 5.69 Å². The van der Waals surface area contributed by atoms with Gasteiger partial charge in [0, 0.05) is 30.2 Å². The lowest BCUT2D eigenvalue weighted by Crippen LogP contribution is -2.32. The van der Waals surface area contributed by atoms with Crippen LogP contribution in [0.1, 0.15) is 5.56 Å². The molecule has 0 saturated carbocycles. The van der Waals surface area contributed by atoms with Crippen molar-refractivity contribution in [2.45, 2.75) is 6.54 Å². The Morgan fingerprint density at radius 1 is 0.960 bits per heavy atom. The van der Waals surface area contributed by atoms with Crippen molar-refractivity contribution in [3.63, 3.8) is 0 Å². The Kier molecular flexibility index (Phi) is 2.31. The first-order valence-corrected chi connectivity index (χ1v) is 8.17. The van der Waals surface area contributed by atoms with Crippen LogP contribution in [0.5, 0.6) is 0 Å². The second kappa shape index (κ2) is 4.51. The highest BCUT2D eigenvalue weighted by Crippen LogP contribution is 2.33. The molecule has 5 aromatic rings. The molecule has 25 heavy (non-hydrogen) atoms. The van der Waals surface area contributed by atoms with Gasteiger partial charge in [0.15, 0.2) is 6.33 Å². The Morgan fingerprint density at radius 3 is 2.76 bits per heavy atom. The van der Waals surface area contributed by atoms with Gasteiger partial charge in [-0.25, -0.2) is 14.1 Å². The molecular formula is C19H13N6+. The maximum atomic E-state index is 4.88. The molecule has 0 unspecified atom stereocenters. The van der Waals surface area contributed by atoms with Crippen LogP contribution >= 0.6 is 0 Å². The van der Waals surface area contributed by atoms with E-state index in [1.54, 1.807) is 6.20 Å². The minimum atomic E-state index is 0.789. The average Bonchev–Trinajstić information content (AvgIpc) is 3.29. The average molecular weight is 325 g/mol. The van der Waals surface area contributed by atoms with Crippen LogP contribution in [0.4, 0.5) is 0 Å². The molecule has 0 N–H and O–H groups in total. The fraction of sp³-hybridized carbons (Fsp3) is 0.0526. The number of pyridine rings is 1. The van der Waals surface area contributed by atoms with E-state index in [0.717, 1.165) is 35.0 Å². The molecule has 0 radical (unpaired) electrons. The highest BCUT2D eigenvalue weighted by atomic mass is 15.3. The van der Waals surface area contributed by atoms with Crippen molar-refractivity contribution in [3.8, 4) is 17.1 Å². The number of hydrogen-bond acceptors (Lipinski definition) is 3. The van der Waals surface area contributed by atoms with Crippen molar-refractivity contribution in [2.75, 3.05) is 0 Å². The lowest BCUT2D eigenvalue weighted by atomic mass is 10.1. The quantitative estimate of drug-likeness (QED) is 0.436. The van der Waals surface area contributed by atoms with E-state index in [-0.39, 0.29) is 0 Å². The van der Waals surface area contributed by atoms with Crippen LogP contribution in [-0.4, -0.2) is 23.9 Å². The number of imidazole rings is 2. The zero-order valence-electron chi connectivity index (χ0n) is 13.2. The van der Waals surface area contributed by atoms with Crippen molar-refractivity contribution in [2.24, 2.45) is 0 Å². The standard InChI is InChI=1S/C19H13N6/c1-2-4-14(5-3-1)25-17-19(24-12-21-9-7-16(24)22-17)23-11-13-10-20-8-6-15(13)18(23)25/h1-10,12H,11H2/q+1. The first kappa shape index (κ1) is 12.8. The van der Waals surface area contributed by atoms with E-state index in [0.29, 0.717) is 0 Å². The Balaban J connectivity index is 1.83. The number of nitrogens with zero attached hydrogens (tertiary/aromatic N) is 6. The normalized spacial score (nSPS) is 12.6. The molecule has 6 rings (SSSR count).